The van der Waals surface area contributed by atoms with Crippen LogP contribution in [0.3, 0.4) is 0 Å². The fourth-order valence-electron chi connectivity index (χ4n) is 1.74. The summed E-state index contributed by atoms with van der Waals surface area (Å²) in [7, 11) is 0. The topological polar surface area (TPSA) is 49.3 Å². The number of carbonyl (C=O) groups is 1. The van der Waals surface area contributed by atoms with E-state index in [1.54, 1.807) is 25.1 Å². The first kappa shape index (κ1) is 15.3. The van der Waals surface area contributed by atoms with E-state index in [1.807, 2.05) is 6.92 Å². The number of aliphatic hydroxyl groups is 1. The van der Waals surface area contributed by atoms with Crippen molar-refractivity contribution in [2.24, 2.45) is 5.92 Å². The fraction of sp³-hybridized carbons (Fsp3) is 0.462. The highest BCUT2D eigenvalue weighted by atomic mass is 35.5. The average Bonchev–Trinajstić information content (AvgIpc) is 2.25. The number of halogens is 2. The van der Waals surface area contributed by atoms with Crippen LogP contribution >= 0.6 is 23.2 Å². The Labute approximate surface area is 117 Å². The van der Waals surface area contributed by atoms with E-state index >= 15 is 0 Å². The van der Waals surface area contributed by atoms with E-state index in [2.05, 4.69) is 5.32 Å². The van der Waals surface area contributed by atoms with E-state index in [0.29, 0.717) is 28.6 Å². The second kappa shape index (κ2) is 6.98. The summed E-state index contributed by atoms with van der Waals surface area (Å²) in [6.07, 6.45) is 0.261. The molecule has 0 saturated heterocycles. The summed E-state index contributed by atoms with van der Waals surface area (Å²) in [5, 5.41) is 12.7. The van der Waals surface area contributed by atoms with Crippen LogP contribution in [0.15, 0.2) is 18.2 Å². The van der Waals surface area contributed by atoms with Gasteiger partial charge in [0.2, 0.25) is 0 Å². The van der Waals surface area contributed by atoms with Gasteiger partial charge in [-0.3, -0.25) is 4.79 Å². The van der Waals surface area contributed by atoms with Crippen molar-refractivity contribution in [2.45, 2.75) is 26.4 Å². The molecule has 1 aromatic rings. The normalized spacial score (nSPS) is 14.1. The van der Waals surface area contributed by atoms with Crippen LogP contribution in [0.25, 0.3) is 0 Å². The predicted molar refractivity (Wildman–Crippen MR) is 74.3 cm³/mol. The Morgan fingerprint density at radius 1 is 1.33 bits per heavy atom. The molecule has 0 saturated carbocycles. The number of nitrogens with one attached hydrogen (secondary N) is 1. The highest BCUT2D eigenvalue weighted by Gasteiger charge is 2.15. The maximum Gasteiger partial charge on any atom is 0.254 e. The fourth-order valence-corrected chi connectivity index (χ4v) is 2.30. The number of carbonyl (C=O) groups excluding carboxylic acids is 1. The van der Waals surface area contributed by atoms with E-state index in [4.69, 9.17) is 23.2 Å². The van der Waals surface area contributed by atoms with E-state index in [9.17, 15) is 9.90 Å². The minimum atomic E-state index is -0.374. The molecule has 0 radical (unpaired) electrons. The van der Waals surface area contributed by atoms with E-state index in [0.717, 1.165) is 0 Å². The molecule has 100 valence electrons. The Morgan fingerprint density at radius 3 is 2.39 bits per heavy atom. The van der Waals surface area contributed by atoms with Gasteiger partial charge in [0.15, 0.2) is 0 Å². The summed E-state index contributed by atoms with van der Waals surface area (Å²) in [5.41, 5.74) is 0.296. The van der Waals surface area contributed by atoms with Gasteiger partial charge in [-0.05, 0) is 31.4 Å². The van der Waals surface area contributed by atoms with Crippen molar-refractivity contribution in [3.63, 3.8) is 0 Å². The van der Waals surface area contributed by atoms with Crippen LogP contribution in [0, 0.1) is 5.92 Å². The van der Waals surface area contributed by atoms with Crippen LogP contribution in [-0.2, 0) is 0 Å². The summed E-state index contributed by atoms with van der Waals surface area (Å²) in [5.74, 6) is -0.0988. The number of aliphatic hydroxyl groups excluding tert-OH is 1. The lowest BCUT2D eigenvalue weighted by Gasteiger charge is -2.15. The van der Waals surface area contributed by atoms with Crippen molar-refractivity contribution in [1.82, 2.24) is 5.32 Å². The van der Waals surface area contributed by atoms with Gasteiger partial charge in [-0.25, -0.2) is 0 Å². The van der Waals surface area contributed by atoms with Crippen LogP contribution in [0.5, 0.6) is 0 Å². The number of amides is 1. The van der Waals surface area contributed by atoms with Gasteiger partial charge in [0.1, 0.15) is 0 Å². The smallest absolute Gasteiger partial charge is 0.254 e. The standard InChI is InChI=1S/C13H17Cl2NO2/c1-8(6-9(2)17)7-16-13(18)12-10(14)4-3-5-11(12)15/h3-5,8-9,17H,6-7H2,1-2H3,(H,16,18). The second-order valence-corrected chi connectivity index (χ2v) is 5.31. The molecule has 0 aromatic heterocycles. The Balaban J connectivity index is 2.61. The minimum Gasteiger partial charge on any atom is -0.393 e. The number of hydrogen-bond acceptors (Lipinski definition) is 2. The average molecular weight is 290 g/mol. The number of hydrogen-bond donors (Lipinski definition) is 2. The zero-order valence-corrected chi connectivity index (χ0v) is 11.9. The van der Waals surface area contributed by atoms with E-state index in [-0.39, 0.29) is 17.9 Å². The van der Waals surface area contributed by atoms with Crippen molar-refractivity contribution in [3.05, 3.63) is 33.8 Å². The monoisotopic (exact) mass is 289 g/mol. The molecule has 5 heteroatoms. The van der Waals surface area contributed by atoms with Crippen molar-refractivity contribution in [1.29, 1.82) is 0 Å². The van der Waals surface area contributed by atoms with Gasteiger partial charge in [-0.2, -0.15) is 0 Å². The number of benzene rings is 1. The van der Waals surface area contributed by atoms with Crippen molar-refractivity contribution in [2.75, 3.05) is 6.54 Å². The molecular weight excluding hydrogens is 273 g/mol. The minimum absolute atomic E-state index is 0.190. The van der Waals surface area contributed by atoms with Gasteiger partial charge in [0, 0.05) is 6.54 Å². The molecule has 0 aliphatic heterocycles. The highest BCUT2D eigenvalue weighted by Crippen LogP contribution is 2.24. The zero-order valence-electron chi connectivity index (χ0n) is 10.4. The van der Waals surface area contributed by atoms with Crippen LogP contribution in [0.2, 0.25) is 10.0 Å². The predicted octanol–water partition coefficient (Wildman–Crippen LogP) is 3.13. The van der Waals surface area contributed by atoms with E-state index in [1.165, 1.54) is 0 Å². The van der Waals surface area contributed by atoms with Crippen LogP contribution in [0.1, 0.15) is 30.6 Å². The second-order valence-electron chi connectivity index (χ2n) is 4.50. The summed E-state index contributed by atoms with van der Waals surface area (Å²) in [6, 6.07) is 4.95. The zero-order chi connectivity index (χ0) is 13.7. The molecule has 0 fully saturated rings. The first-order chi connectivity index (χ1) is 8.41. The molecule has 0 heterocycles. The molecule has 1 aromatic carbocycles. The molecule has 1 amide bonds. The van der Waals surface area contributed by atoms with Crippen molar-refractivity contribution < 1.29 is 9.90 Å². The van der Waals surface area contributed by atoms with E-state index < -0.39 is 0 Å². The molecule has 0 aliphatic carbocycles. The summed E-state index contributed by atoms with van der Waals surface area (Å²) >= 11 is 11.9. The third kappa shape index (κ3) is 4.48. The lowest BCUT2D eigenvalue weighted by molar-refractivity contribution is 0.0939. The van der Waals surface area contributed by atoms with Crippen LogP contribution in [-0.4, -0.2) is 23.7 Å². The SMILES string of the molecule is CC(O)CC(C)CNC(=O)c1c(Cl)cccc1Cl. The van der Waals surface area contributed by atoms with Gasteiger partial charge < -0.3 is 10.4 Å². The molecule has 2 N–H and O–H groups in total. The Morgan fingerprint density at radius 2 is 1.89 bits per heavy atom. The lowest BCUT2D eigenvalue weighted by atomic mass is 10.0. The molecule has 1 rings (SSSR count). The summed E-state index contributed by atoms with van der Waals surface area (Å²) < 4.78 is 0. The summed E-state index contributed by atoms with van der Waals surface area (Å²) in [4.78, 5) is 11.9. The largest absolute Gasteiger partial charge is 0.393 e. The Hall–Kier alpha value is -0.770. The third-order valence-electron chi connectivity index (χ3n) is 2.54. The Bertz CT molecular complexity index is 401. The van der Waals surface area contributed by atoms with Gasteiger partial charge in [-0.1, -0.05) is 36.2 Å². The van der Waals surface area contributed by atoms with Crippen molar-refractivity contribution in [3.8, 4) is 0 Å². The van der Waals surface area contributed by atoms with Crippen LogP contribution in [0.4, 0.5) is 0 Å². The van der Waals surface area contributed by atoms with Gasteiger partial charge in [-0.15, -0.1) is 0 Å². The highest BCUT2D eigenvalue weighted by molar-refractivity contribution is 6.39. The Kier molecular flexibility index (Phi) is 5.93. The van der Waals surface area contributed by atoms with Crippen molar-refractivity contribution >= 4 is 29.1 Å². The molecule has 0 spiro atoms. The first-order valence-corrected chi connectivity index (χ1v) is 6.57. The lowest BCUT2D eigenvalue weighted by Crippen LogP contribution is -2.29. The molecule has 0 aliphatic rings. The van der Waals surface area contributed by atoms with Crippen LogP contribution < -0.4 is 5.32 Å². The quantitative estimate of drug-likeness (QED) is 0.875. The molecule has 2 unspecified atom stereocenters. The third-order valence-corrected chi connectivity index (χ3v) is 3.17. The molecule has 18 heavy (non-hydrogen) atoms. The molecular formula is C13H17Cl2NO2. The first-order valence-electron chi connectivity index (χ1n) is 5.82. The summed E-state index contributed by atoms with van der Waals surface area (Å²) in [6.45, 7) is 4.16. The van der Waals surface area contributed by atoms with Gasteiger partial charge in [0.05, 0.1) is 21.7 Å². The van der Waals surface area contributed by atoms with Gasteiger partial charge in [0.25, 0.3) is 5.91 Å². The molecule has 0 bridgehead atoms. The maximum absolute atomic E-state index is 11.9. The molecule has 2 atom stereocenters. The maximum atomic E-state index is 11.9. The van der Waals surface area contributed by atoms with Gasteiger partial charge >= 0.3 is 0 Å². The number of rotatable bonds is 5. The molecule has 3 nitrogen and oxygen atoms in total.